The highest BCUT2D eigenvalue weighted by atomic mass is 15.0. The molecule has 3 rings (SSSR count). The number of hydrogen-bond donors (Lipinski definition) is 1. The molecular formula is C24H27N. The van der Waals surface area contributed by atoms with E-state index in [0.29, 0.717) is 0 Å². The first kappa shape index (κ1) is 17.3. The lowest BCUT2D eigenvalue weighted by molar-refractivity contribution is 0.634. The first-order valence-corrected chi connectivity index (χ1v) is 8.90. The molecule has 0 aliphatic heterocycles. The maximum atomic E-state index is 3.80. The topological polar surface area (TPSA) is 12.0 Å². The van der Waals surface area contributed by atoms with Crippen molar-refractivity contribution in [2.75, 3.05) is 5.32 Å². The van der Waals surface area contributed by atoms with E-state index < -0.39 is 0 Å². The highest BCUT2D eigenvalue weighted by Crippen LogP contribution is 2.42. The average molecular weight is 329 g/mol. The van der Waals surface area contributed by atoms with E-state index in [0.717, 1.165) is 0 Å². The fraction of sp³-hybridized carbons (Fsp3) is 0.250. The van der Waals surface area contributed by atoms with E-state index in [1.165, 1.54) is 39.1 Å². The summed E-state index contributed by atoms with van der Waals surface area (Å²) in [5.41, 5.74) is 8.90. The van der Waals surface area contributed by atoms with Crippen molar-refractivity contribution in [2.24, 2.45) is 0 Å². The van der Waals surface area contributed by atoms with E-state index >= 15 is 0 Å². The molecule has 0 radical (unpaired) electrons. The van der Waals surface area contributed by atoms with Crippen molar-refractivity contribution in [3.63, 3.8) is 0 Å². The summed E-state index contributed by atoms with van der Waals surface area (Å²) in [7, 11) is 0. The molecule has 0 aliphatic rings. The molecule has 0 unspecified atom stereocenters. The van der Waals surface area contributed by atoms with Gasteiger partial charge in [-0.25, -0.2) is 0 Å². The van der Waals surface area contributed by atoms with E-state index in [1.54, 1.807) is 0 Å². The van der Waals surface area contributed by atoms with Crippen LogP contribution in [0.15, 0.2) is 66.7 Å². The van der Waals surface area contributed by atoms with Gasteiger partial charge < -0.3 is 5.32 Å². The summed E-state index contributed by atoms with van der Waals surface area (Å²) in [6.45, 7) is 11.1. The largest absolute Gasteiger partial charge is 0.379 e. The van der Waals surface area contributed by atoms with Gasteiger partial charge in [-0.1, -0.05) is 66.7 Å². The minimum atomic E-state index is -0.0205. The van der Waals surface area contributed by atoms with Gasteiger partial charge >= 0.3 is 0 Å². The lowest BCUT2D eigenvalue weighted by Crippen LogP contribution is -2.27. The average Bonchev–Trinajstić information content (AvgIpc) is 2.55. The molecule has 1 heteroatoms. The quantitative estimate of drug-likeness (QED) is 0.554. The second-order valence-electron chi connectivity index (χ2n) is 7.74. The molecule has 0 saturated heterocycles. The van der Waals surface area contributed by atoms with Crippen LogP contribution in [0.3, 0.4) is 0 Å². The molecular weight excluding hydrogens is 302 g/mol. The zero-order chi connectivity index (χ0) is 18.0. The summed E-state index contributed by atoms with van der Waals surface area (Å²) in [5, 5.41) is 3.80. The van der Waals surface area contributed by atoms with E-state index in [-0.39, 0.29) is 5.54 Å². The maximum absolute atomic E-state index is 3.80. The fourth-order valence-corrected chi connectivity index (χ4v) is 3.44. The lowest BCUT2D eigenvalue weighted by atomic mass is 9.88. The molecule has 0 atom stereocenters. The number of aryl methyl sites for hydroxylation is 2. The smallest absolute Gasteiger partial charge is 0.0508 e. The number of hydrogen-bond acceptors (Lipinski definition) is 1. The van der Waals surface area contributed by atoms with Crippen LogP contribution >= 0.6 is 0 Å². The van der Waals surface area contributed by atoms with Gasteiger partial charge in [-0.3, -0.25) is 0 Å². The predicted octanol–water partition coefficient (Wildman–Crippen LogP) is 6.85. The van der Waals surface area contributed by atoms with Gasteiger partial charge in [0.1, 0.15) is 0 Å². The van der Waals surface area contributed by atoms with Crippen molar-refractivity contribution in [3.05, 3.63) is 77.9 Å². The Bertz CT molecular complexity index is 792. The summed E-state index contributed by atoms with van der Waals surface area (Å²) in [6.07, 6.45) is 0. The van der Waals surface area contributed by atoms with Crippen LogP contribution in [0.4, 0.5) is 5.69 Å². The van der Waals surface area contributed by atoms with Crippen LogP contribution in [-0.4, -0.2) is 5.54 Å². The third-order valence-corrected chi connectivity index (χ3v) is 4.35. The molecule has 1 N–H and O–H groups in total. The minimum Gasteiger partial charge on any atom is -0.379 e. The lowest BCUT2D eigenvalue weighted by Gasteiger charge is -2.29. The Morgan fingerprint density at radius 3 is 1.40 bits per heavy atom. The van der Waals surface area contributed by atoms with Crippen LogP contribution in [-0.2, 0) is 0 Å². The molecule has 128 valence electrons. The number of anilines is 1. The van der Waals surface area contributed by atoms with Crippen molar-refractivity contribution in [1.29, 1.82) is 0 Å². The van der Waals surface area contributed by atoms with Gasteiger partial charge in [0, 0.05) is 16.7 Å². The third-order valence-electron chi connectivity index (χ3n) is 4.35. The van der Waals surface area contributed by atoms with Gasteiger partial charge in [0.05, 0.1) is 5.69 Å². The Balaban J connectivity index is 2.35. The van der Waals surface area contributed by atoms with E-state index in [4.69, 9.17) is 0 Å². The molecule has 0 amide bonds. The van der Waals surface area contributed by atoms with Crippen LogP contribution in [0.25, 0.3) is 22.3 Å². The monoisotopic (exact) mass is 329 g/mol. The Hall–Kier alpha value is -2.54. The zero-order valence-electron chi connectivity index (χ0n) is 15.9. The first-order chi connectivity index (χ1) is 11.9. The van der Waals surface area contributed by atoms with Crippen molar-refractivity contribution >= 4 is 5.69 Å². The first-order valence-electron chi connectivity index (χ1n) is 8.90. The summed E-state index contributed by atoms with van der Waals surface area (Å²) in [4.78, 5) is 0. The normalized spacial score (nSPS) is 11.4. The van der Waals surface area contributed by atoms with Crippen molar-refractivity contribution in [1.82, 2.24) is 0 Å². The Morgan fingerprint density at radius 2 is 1.04 bits per heavy atom. The van der Waals surface area contributed by atoms with Gasteiger partial charge in [-0.05, 0) is 56.9 Å². The standard InChI is InChI=1S/C24H27N/c1-17-16-18(2)22(20-14-10-7-11-15-20)23(25-24(3,4)5)21(17)19-12-8-6-9-13-19/h6-16,25H,1-5H3. The molecule has 0 bridgehead atoms. The Labute approximate surface area is 151 Å². The van der Waals surface area contributed by atoms with Crippen molar-refractivity contribution < 1.29 is 0 Å². The van der Waals surface area contributed by atoms with Crippen LogP contribution < -0.4 is 5.32 Å². The Kier molecular flexibility index (Phi) is 4.67. The molecule has 3 aromatic carbocycles. The van der Waals surface area contributed by atoms with Crippen LogP contribution in [0.2, 0.25) is 0 Å². The molecule has 0 aliphatic carbocycles. The Morgan fingerprint density at radius 1 is 0.640 bits per heavy atom. The van der Waals surface area contributed by atoms with Gasteiger partial charge in [0.2, 0.25) is 0 Å². The van der Waals surface area contributed by atoms with Gasteiger partial charge in [-0.2, -0.15) is 0 Å². The second-order valence-corrected chi connectivity index (χ2v) is 7.74. The summed E-state index contributed by atoms with van der Waals surface area (Å²) in [5.74, 6) is 0. The maximum Gasteiger partial charge on any atom is 0.0508 e. The summed E-state index contributed by atoms with van der Waals surface area (Å²) in [6, 6.07) is 23.7. The van der Waals surface area contributed by atoms with Crippen LogP contribution in [0, 0.1) is 13.8 Å². The zero-order valence-corrected chi connectivity index (χ0v) is 15.9. The van der Waals surface area contributed by atoms with E-state index in [2.05, 4.69) is 107 Å². The summed E-state index contributed by atoms with van der Waals surface area (Å²) >= 11 is 0. The van der Waals surface area contributed by atoms with Gasteiger partial charge in [-0.15, -0.1) is 0 Å². The fourth-order valence-electron chi connectivity index (χ4n) is 3.44. The highest BCUT2D eigenvalue weighted by Gasteiger charge is 2.21. The molecule has 0 aromatic heterocycles. The molecule has 0 spiro atoms. The minimum absolute atomic E-state index is 0.0205. The van der Waals surface area contributed by atoms with Crippen molar-refractivity contribution in [2.45, 2.75) is 40.2 Å². The second kappa shape index (κ2) is 6.76. The molecule has 0 heterocycles. The van der Waals surface area contributed by atoms with E-state index in [1.807, 2.05) is 0 Å². The van der Waals surface area contributed by atoms with Crippen molar-refractivity contribution in [3.8, 4) is 22.3 Å². The van der Waals surface area contributed by atoms with Crippen LogP contribution in [0.1, 0.15) is 31.9 Å². The molecule has 1 nitrogen and oxygen atoms in total. The molecule has 0 saturated carbocycles. The van der Waals surface area contributed by atoms with Gasteiger partial charge in [0.25, 0.3) is 0 Å². The van der Waals surface area contributed by atoms with Gasteiger partial charge in [0.15, 0.2) is 0 Å². The SMILES string of the molecule is Cc1cc(C)c(-c2ccccc2)c(NC(C)(C)C)c1-c1ccccc1. The summed E-state index contributed by atoms with van der Waals surface area (Å²) < 4.78 is 0. The highest BCUT2D eigenvalue weighted by molar-refractivity contribution is 5.94. The molecule has 3 aromatic rings. The predicted molar refractivity (Wildman–Crippen MR) is 110 cm³/mol. The van der Waals surface area contributed by atoms with Crippen LogP contribution in [0.5, 0.6) is 0 Å². The van der Waals surface area contributed by atoms with E-state index in [9.17, 15) is 0 Å². The number of nitrogens with one attached hydrogen (secondary N) is 1. The number of benzene rings is 3. The number of rotatable bonds is 3. The molecule has 25 heavy (non-hydrogen) atoms. The third kappa shape index (κ3) is 3.76. The molecule has 0 fully saturated rings.